The van der Waals surface area contributed by atoms with Gasteiger partial charge in [0.15, 0.2) is 0 Å². The predicted molar refractivity (Wildman–Crippen MR) is 52.9 cm³/mol. The van der Waals surface area contributed by atoms with Gasteiger partial charge in [-0.2, -0.15) is 4.99 Å². The Labute approximate surface area is 81.6 Å². The first-order valence-electron chi connectivity index (χ1n) is 3.79. The van der Waals surface area contributed by atoms with Crippen LogP contribution in [0.1, 0.15) is 5.56 Å². The fourth-order valence-electron chi connectivity index (χ4n) is 0.940. The van der Waals surface area contributed by atoms with Gasteiger partial charge >= 0.3 is 0 Å². The van der Waals surface area contributed by atoms with Gasteiger partial charge in [-0.15, -0.1) is 0 Å². The molecule has 0 aliphatic rings. The Morgan fingerprint density at radius 3 is 2.62 bits per heavy atom. The van der Waals surface area contributed by atoms with E-state index in [0.717, 1.165) is 12.0 Å². The number of allylic oxidation sites excluding steroid dienone is 1. The lowest BCUT2D eigenvalue weighted by Gasteiger charge is -1.95. The number of aliphatic imine (C=N–C) groups is 1. The van der Waals surface area contributed by atoms with Gasteiger partial charge in [0, 0.05) is 5.54 Å². The normalized spacial score (nSPS) is 9.92. The summed E-state index contributed by atoms with van der Waals surface area (Å²) in [6.07, 6.45) is 4.12. The monoisotopic (exact) mass is 193 g/mol. The predicted octanol–water partition coefficient (Wildman–Crippen LogP) is 2.95. The zero-order valence-corrected chi connectivity index (χ0v) is 7.66. The summed E-state index contributed by atoms with van der Waals surface area (Å²) in [5.41, 5.74) is 3.23. The second kappa shape index (κ2) is 5.31. The zero-order valence-electron chi connectivity index (χ0n) is 6.90. The van der Waals surface area contributed by atoms with Gasteiger partial charge in [0.2, 0.25) is 6.08 Å². The number of isocyanates is 1. The third-order valence-corrected chi connectivity index (χ3v) is 1.73. The van der Waals surface area contributed by atoms with Crippen molar-refractivity contribution in [3.05, 3.63) is 41.4 Å². The van der Waals surface area contributed by atoms with Crippen molar-refractivity contribution in [2.24, 2.45) is 4.99 Å². The van der Waals surface area contributed by atoms with Crippen molar-refractivity contribution in [2.75, 3.05) is 0 Å². The fourth-order valence-corrected chi connectivity index (χ4v) is 1.03. The fraction of sp³-hybridized carbons (Fsp3) is 0.100. The molecule has 1 aromatic rings. The van der Waals surface area contributed by atoms with Crippen molar-refractivity contribution < 1.29 is 4.79 Å². The molecule has 0 saturated carbocycles. The van der Waals surface area contributed by atoms with Gasteiger partial charge in [0.25, 0.3) is 0 Å². The van der Waals surface area contributed by atoms with Gasteiger partial charge in [-0.3, -0.25) is 0 Å². The van der Waals surface area contributed by atoms with Crippen molar-refractivity contribution in [1.29, 1.82) is 0 Å². The van der Waals surface area contributed by atoms with Crippen LogP contribution in [0.2, 0.25) is 0 Å². The molecule has 0 N–H and O–H groups in total. The molecule has 13 heavy (non-hydrogen) atoms. The molecule has 0 saturated heterocycles. The van der Waals surface area contributed by atoms with Crippen LogP contribution in [0.3, 0.4) is 0 Å². The van der Waals surface area contributed by atoms with Gasteiger partial charge in [0.05, 0.1) is 5.69 Å². The first kappa shape index (κ1) is 9.72. The van der Waals surface area contributed by atoms with Crippen LogP contribution in [0, 0.1) is 0 Å². The largest absolute Gasteiger partial charge is 0.240 e. The van der Waals surface area contributed by atoms with E-state index in [-0.39, 0.29) is 0 Å². The van der Waals surface area contributed by atoms with E-state index in [0.29, 0.717) is 5.69 Å². The highest BCUT2D eigenvalue weighted by molar-refractivity contribution is 6.25. The molecule has 0 radical (unpaired) electrons. The summed E-state index contributed by atoms with van der Waals surface area (Å²) in [5.74, 6) is 0. The number of carbonyl (C=O) groups excluding carboxylic acids is 1. The zero-order chi connectivity index (χ0) is 9.52. The molecule has 0 spiro atoms. The van der Waals surface area contributed by atoms with Crippen LogP contribution >= 0.6 is 11.6 Å². The van der Waals surface area contributed by atoms with Crippen molar-refractivity contribution in [1.82, 2.24) is 0 Å². The highest BCUT2D eigenvalue weighted by Gasteiger charge is 1.90. The number of halogens is 1. The summed E-state index contributed by atoms with van der Waals surface area (Å²) in [6.45, 7) is 0. The van der Waals surface area contributed by atoms with Crippen molar-refractivity contribution >= 4 is 23.4 Å². The standard InChI is InChI=1S/C10H8ClNO/c11-7-1-2-9-3-5-10(6-4-9)12-8-13/h1,3-7H,2H2. The minimum Gasteiger partial charge on any atom is -0.211 e. The molecule has 0 unspecified atom stereocenters. The van der Waals surface area contributed by atoms with Crippen LogP contribution in [0.15, 0.2) is 40.9 Å². The molecular weight excluding hydrogens is 186 g/mol. The van der Waals surface area contributed by atoms with Gasteiger partial charge in [-0.05, 0) is 24.1 Å². The summed E-state index contributed by atoms with van der Waals surface area (Å²) in [5, 5.41) is 0. The third kappa shape index (κ3) is 3.24. The SMILES string of the molecule is O=C=Nc1ccc(CC=CCl)cc1. The molecule has 0 fully saturated rings. The maximum Gasteiger partial charge on any atom is 0.240 e. The number of rotatable bonds is 3. The first-order valence-corrected chi connectivity index (χ1v) is 4.22. The molecule has 1 aromatic carbocycles. The van der Waals surface area contributed by atoms with E-state index in [1.54, 1.807) is 12.1 Å². The smallest absolute Gasteiger partial charge is 0.211 e. The van der Waals surface area contributed by atoms with Crippen LogP contribution in [0.25, 0.3) is 0 Å². The lowest BCUT2D eigenvalue weighted by molar-refractivity contribution is 0.565. The Balaban J connectivity index is 2.74. The molecule has 3 heteroatoms. The average molecular weight is 194 g/mol. The molecule has 0 aliphatic carbocycles. The van der Waals surface area contributed by atoms with Gasteiger partial charge < -0.3 is 0 Å². The summed E-state index contributed by atoms with van der Waals surface area (Å²) >= 11 is 5.38. The maximum atomic E-state index is 9.91. The Bertz CT molecular complexity index is 336. The molecule has 0 bridgehead atoms. The Kier molecular flexibility index (Phi) is 3.97. The van der Waals surface area contributed by atoms with Crippen molar-refractivity contribution in [2.45, 2.75) is 6.42 Å². The van der Waals surface area contributed by atoms with E-state index in [1.165, 1.54) is 11.6 Å². The molecule has 0 atom stereocenters. The third-order valence-electron chi connectivity index (χ3n) is 1.55. The van der Waals surface area contributed by atoms with Crippen LogP contribution in [0.5, 0.6) is 0 Å². The highest BCUT2D eigenvalue weighted by Crippen LogP contribution is 2.12. The minimum absolute atomic E-state index is 0.619. The first-order chi connectivity index (χ1) is 6.36. The van der Waals surface area contributed by atoms with E-state index >= 15 is 0 Å². The molecule has 2 nitrogen and oxygen atoms in total. The second-order valence-electron chi connectivity index (χ2n) is 2.44. The molecule has 66 valence electrons. The second-order valence-corrected chi connectivity index (χ2v) is 2.69. The molecule has 0 heterocycles. The minimum atomic E-state index is 0.619. The van der Waals surface area contributed by atoms with E-state index in [4.69, 9.17) is 11.6 Å². The molecule has 0 aromatic heterocycles. The Morgan fingerprint density at radius 1 is 1.38 bits per heavy atom. The Morgan fingerprint density at radius 2 is 2.08 bits per heavy atom. The summed E-state index contributed by atoms with van der Waals surface area (Å²) in [6, 6.07) is 7.32. The summed E-state index contributed by atoms with van der Waals surface area (Å²) < 4.78 is 0. The van der Waals surface area contributed by atoms with E-state index < -0.39 is 0 Å². The van der Waals surface area contributed by atoms with Crippen LogP contribution in [0.4, 0.5) is 5.69 Å². The van der Waals surface area contributed by atoms with Crippen LogP contribution in [-0.4, -0.2) is 6.08 Å². The Hall–Kier alpha value is -1.37. The number of nitrogens with zero attached hydrogens (tertiary/aromatic N) is 1. The molecule has 0 amide bonds. The average Bonchev–Trinajstić information content (AvgIpc) is 2.17. The van der Waals surface area contributed by atoms with E-state index in [9.17, 15) is 4.79 Å². The lowest BCUT2D eigenvalue weighted by Crippen LogP contribution is -1.78. The van der Waals surface area contributed by atoms with E-state index in [2.05, 4.69) is 4.99 Å². The number of benzene rings is 1. The number of hydrogen-bond donors (Lipinski definition) is 0. The summed E-state index contributed by atoms with van der Waals surface area (Å²) in [7, 11) is 0. The van der Waals surface area contributed by atoms with Gasteiger partial charge in [0.1, 0.15) is 0 Å². The maximum absolute atomic E-state index is 9.91. The van der Waals surface area contributed by atoms with E-state index in [1.807, 2.05) is 18.2 Å². The van der Waals surface area contributed by atoms with Crippen LogP contribution < -0.4 is 0 Å². The summed E-state index contributed by atoms with van der Waals surface area (Å²) in [4.78, 5) is 13.4. The quantitative estimate of drug-likeness (QED) is 0.536. The van der Waals surface area contributed by atoms with Gasteiger partial charge in [-0.1, -0.05) is 29.8 Å². The molecular formula is C10H8ClNO. The van der Waals surface area contributed by atoms with Crippen LogP contribution in [-0.2, 0) is 11.2 Å². The number of hydrogen-bond acceptors (Lipinski definition) is 2. The van der Waals surface area contributed by atoms with Gasteiger partial charge in [-0.25, -0.2) is 4.79 Å². The van der Waals surface area contributed by atoms with Crippen molar-refractivity contribution in [3.8, 4) is 0 Å². The lowest BCUT2D eigenvalue weighted by atomic mass is 10.1. The topological polar surface area (TPSA) is 29.4 Å². The van der Waals surface area contributed by atoms with Crippen molar-refractivity contribution in [3.63, 3.8) is 0 Å². The molecule has 1 rings (SSSR count). The highest BCUT2D eigenvalue weighted by atomic mass is 35.5. The molecule has 0 aliphatic heterocycles.